The molecular weight excluding hydrogens is 384 g/mol. The van der Waals surface area contributed by atoms with Gasteiger partial charge in [-0.2, -0.15) is 0 Å². The van der Waals surface area contributed by atoms with E-state index in [9.17, 15) is 19.8 Å². The van der Waals surface area contributed by atoms with Gasteiger partial charge in [-0.05, 0) is 63.5 Å². The van der Waals surface area contributed by atoms with E-state index in [1.807, 2.05) is 13.0 Å². The number of ketones is 2. The lowest BCUT2D eigenvalue weighted by Gasteiger charge is -2.59. The van der Waals surface area contributed by atoms with E-state index in [1.54, 1.807) is 26.0 Å². The summed E-state index contributed by atoms with van der Waals surface area (Å²) in [6.07, 6.45) is 7.04. The fourth-order valence-electron chi connectivity index (χ4n) is 8.04. The Morgan fingerprint density at radius 2 is 2.00 bits per heavy atom. The second-order valence-electron chi connectivity index (χ2n) is 10.9. The average molecular weight is 417 g/mol. The predicted octanol–water partition coefficient (Wildman–Crippen LogP) is 2.33. The Balaban J connectivity index is 1.59. The molecule has 0 spiro atoms. The molecule has 0 aromatic heterocycles. The molecule has 5 aliphatic rings. The molecule has 0 aromatic carbocycles. The Kier molecular flexibility index (Phi) is 4.20. The highest BCUT2D eigenvalue weighted by Crippen LogP contribution is 2.70. The van der Waals surface area contributed by atoms with Gasteiger partial charge >= 0.3 is 0 Å². The van der Waals surface area contributed by atoms with Crippen LogP contribution in [0, 0.1) is 28.6 Å². The number of carbonyl (C=O) groups is 2. The molecule has 8 atom stereocenters. The molecule has 164 valence electrons. The third-order valence-corrected chi connectivity index (χ3v) is 9.05. The third-order valence-electron chi connectivity index (χ3n) is 9.05. The monoisotopic (exact) mass is 416 g/mol. The average Bonchev–Trinajstić information content (AvgIpc) is 3.07. The van der Waals surface area contributed by atoms with Crippen LogP contribution in [0.15, 0.2) is 23.8 Å². The van der Waals surface area contributed by atoms with E-state index in [1.165, 1.54) is 0 Å². The summed E-state index contributed by atoms with van der Waals surface area (Å²) in [5.74, 6) is -0.947. The van der Waals surface area contributed by atoms with E-state index in [0.717, 1.165) is 18.4 Å². The lowest BCUT2D eigenvalue weighted by molar-refractivity contribution is -0.225. The summed E-state index contributed by atoms with van der Waals surface area (Å²) < 4.78 is 12.6. The quantitative estimate of drug-likeness (QED) is 0.718. The van der Waals surface area contributed by atoms with Crippen LogP contribution in [-0.4, -0.2) is 52.0 Å². The molecule has 6 nitrogen and oxygen atoms in total. The van der Waals surface area contributed by atoms with Crippen molar-refractivity contribution < 1.29 is 29.3 Å². The van der Waals surface area contributed by atoms with Gasteiger partial charge in [0.15, 0.2) is 23.0 Å². The normalized spacial score (nSPS) is 50.9. The molecule has 0 aromatic rings. The van der Waals surface area contributed by atoms with Gasteiger partial charge in [-0.1, -0.05) is 25.5 Å². The van der Waals surface area contributed by atoms with Crippen LogP contribution in [-0.2, 0) is 19.1 Å². The predicted molar refractivity (Wildman–Crippen MR) is 108 cm³/mol. The van der Waals surface area contributed by atoms with Gasteiger partial charge in [0.05, 0.1) is 12.2 Å². The molecule has 4 aliphatic carbocycles. The molecule has 0 bridgehead atoms. The first-order valence-electron chi connectivity index (χ1n) is 11.1. The zero-order valence-electron chi connectivity index (χ0n) is 18.2. The maximum Gasteiger partial charge on any atom is 0.193 e. The number of ether oxygens (including phenoxy) is 2. The number of rotatable bonds is 2. The highest BCUT2D eigenvalue weighted by molar-refractivity contribution is 6.01. The lowest BCUT2D eigenvalue weighted by Crippen LogP contribution is -2.63. The fourth-order valence-corrected chi connectivity index (χ4v) is 8.04. The van der Waals surface area contributed by atoms with E-state index in [-0.39, 0.29) is 34.7 Å². The van der Waals surface area contributed by atoms with E-state index in [0.29, 0.717) is 12.8 Å². The molecule has 1 aliphatic heterocycles. The SMILES string of the molecule is CC1(C)O[C@@H]2CC3[C@@H]4CCC5=CC(=O)C=C[C@]5(C)[C@H]4[C@@H](O)C[C@]3(C)[C@]2(C(=O)CO)O1. The van der Waals surface area contributed by atoms with Crippen molar-refractivity contribution in [3.05, 3.63) is 23.8 Å². The number of hydrogen-bond acceptors (Lipinski definition) is 6. The first kappa shape index (κ1) is 20.6. The van der Waals surface area contributed by atoms with Crippen LogP contribution in [0.4, 0.5) is 0 Å². The van der Waals surface area contributed by atoms with Crippen LogP contribution in [0.25, 0.3) is 0 Å². The molecule has 1 heterocycles. The highest BCUT2D eigenvalue weighted by Gasteiger charge is 2.76. The van der Waals surface area contributed by atoms with Gasteiger partial charge in [-0.3, -0.25) is 9.59 Å². The molecule has 30 heavy (non-hydrogen) atoms. The fraction of sp³-hybridized carbons (Fsp3) is 0.750. The Morgan fingerprint density at radius 1 is 1.27 bits per heavy atom. The highest BCUT2D eigenvalue weighted by atomic mass is 16.8. The van der Waals surface area contributed by atoms with Crippen LogP contribution < -0.4 is 0 Å². The maximum absolute atomic E-state index is 13.2. The van der Waals surface area contributed by atoms with Crippen LogP contribution in [0.2, 0.25) is 0 Å². The summed E-state index contributed by atoms with van der Waals surface area (Å²) in [7, 11) is 0. The second-order valence-corrected chi connectivity index (χ2v) is 10.9. The molecule has 5 rings (SSSR count). The van der Waals surface area contributed by atoms with Crippen LogP contribution in [0.1, 0.15) is 53.4 Å². The number of aliphatic hydroxyl groups is 2. The van der Waals surface area contributed by atoms with Crippen molar-refractivity contribution in [1.82, 2.24) is 0 Å². The van der Waals surface area contributed by atoms with Gasteiger partial charge < -0.3 is 19.7 Å². The van der Waals surface area contributed by atoms with E-state index >= 15 is 0 Å². The molecule has 0 radical (unpaired) electrons. The smallest absolute Gasteiger partial charge is 0.193 e. The Morgan fingerprint density at radius 3 is 2.70 bits per heavy atom. The molecule has 3 saturated carbocycles. The lowest BCUT2D eigenvalue weighted by atomic mass is 9.46. The molecular formula is C24H32O6. The Hall–Kier alpha value is -1.34. The summed E-state index contributed by atoms with van der Waals surface area (Å²) in [6.45, 7) is 7.19. The van der Waals surface area contributed by atoms with Gasteiger partial charge in [0.1, 0.15) is 6.61 Å². The molecule has 1 saturated heterocycles. The Labute approximate surface area is 177 Å². The van der Waals surface area contributed by atoms with Gasteiger partial charge in [-0.15, -0.1) is 0 Å². The van der Waals surface area contributed by atoms with Crippen molar-refractivity contribution in [1.29, 1.82) is 0 Å². The minimum Gasteiger partial charge on any atom is -0.393 e. The first-order valence-corrected chi connectivity index (χ1v) is 11.1. The van der Waals surface area contributed by atoms with Gasteiger partial charge in [0, 0.05) is 16.7 Å². The molecule has 0 amide bonds. The molecule has 6 heteroatoms. The Bertz CT molecular complexity index is 873. The van der Waals surface area contributed by atoms with Crippen LogP contribution in [0.5, 0.6) is 0 Å². The zero-order chi connectivity index (χ0) is 21.7. The second kappa shape index (κ2) is 6.12. The third kappa shape index (κ3) is 2.34. The standard InChI is InChI=1S/C24H32O6/c1-21(2)29-19-10-16-15-6-5-13-9-14(26)7-8-22(13,3)20(15)17(27)11-23(16,4)24(19,30-21)18(28)12-25/h7-9,15-17,19-20,25,27H,5-6,10-12H2,1-4H3/t15-,16?,17-,19+,20+,22-,23-,24+/m0/s1. The molecule has 2 N–H and O–H groups in total. The van der Waals surface area contributed by atoms with Gasteiger partial charge in [-0.25, -0.2) is 0 Å². The van der Waals surface area contributed by atoms with Crippen LogP contribution >= 0.6 is 0 Å². The number of allylic oxidation sites excluding steroid dienone is 4. The summed E-state index contributed by atoms with van der Waals surface area (Å²) >= 11 is 0. The van der Waals surface area contributed by atoms with Crippen molar-refractivity contribution >= 4 is 11.6 Å². The summed E-state index contributed by atoms with van der Waals surface area (Å²) in [4.78, 5) is 25.1. The van der Waals surface area contributed by atoms with Crippen molar-refractivity contribution in [2.24, 2.45) is 28.6 Å². The number of hydrogen-bond donors (Lipinski definition) is 2. The van der Waals surface area contributed by atoms with Crippen molar-refractivity contribution in [3.63, 3.8) is 0 Å². The number of fused-ring (bicyclic) bond motifs is 7. The zero-order valence-corrected chi connectivity index (χ0v) is 18.2. The summed E-state index contributed by atoms with van der Waals surface area (Å²) in [5, 5.41) is 21.3. The number of carbonyl (C=O) groups excluding carboxylic acids is 2. The largest absolute Gasteiger partial charge is 0.393 e. The van der Waals surface area contributed by atoms with E-state index < -0.39 is 35.6 Å². The van der Waals surface area contributed by atoms with Crippen molar-refractivity contribution in [2.45, 2.75) is 77.0 Å². The maximum atomic E-state index is 13.2. The summed E-state index contributed by atoms with van der Waals surface area (Å²) in [6, 6.07) is 0. The van der Waals surface area contributed by atoms with E-state index in [2.05, 4.69) is 6.92 Å². The van der Waals surface area contributed by atoms with Gasteiger partial charge in [0.25, 0.3) is 0 Å². The first-order chi connectivity index (χ1) is 14.0. The molecule has 1 unspecified atom stereocenters. The van der Waals surface area contributed by atoms with E-state index in [4.69, 9.17) is 9.47 Å². The summed E-state index contributed by atoms with van der Waals surface area (Å²) in [5.41, 5.74) is -1.12. The van der Waals surface area contributed by atoms with Crippen LogP contribution in [0.3, 0.4) is 0 Å². The minimum absolute atomic E-state index is 0.0167. The van der Waals surface area contributed by atoms with Gasteiger partial charge in [0.2, 0.25) is 0 Å². The van der Waals surface area contributed by atoms with Crippen molar-refractivity contribution in [3.8, 4) is 0 Å². The topological polar surface area (TPSA) is 93.1 Å². The number of Topliss-reactive ketones (excluding diaryl/α,β-unsaturated/α-hetero) is 1. The van der Waals surface area contributed by atoms with Crippen molar-refractivity contribution in [2.75, 3.05) is 6.61 Å². The molecule has 4 fully saturated rings. The minimum atomic E-state index is -1.24. The number of aliphatic hydroxyl groups excluding tert-OH is 2.